The molecule has 1 aromatic heterocycles. The average molecular weight is 497 g/mol. The Morgan fingerprint density at radius 1 is 1.14 bits per heavy atom. The normalized spacial score (nSPS) is 16.3. The molecule has 1 aromatic carbocycles. The predicted octanol–water partition coefficient (Wildman–Crippen LogP) is 3.09. The minimum atomic E-state index is -0.153. The van der Waals surface area contributed by atoms with Crippen LogP contribution < -0.4 is 19.7 Å². The first-order chi connectivity index (χ1) is 17.2. The molecule has 10 heteroatoms. The van der Waals surface area contributed by atoms with Gasteiger partial charge >= 0.3 is 0 Å². The van der Waals surface area contributed by atoms with Gasteiger partial charge in [0.05, 0.1) is 26.3 Å². The topological polar surface area (TPSA) is 100 Å². The van der Waals surface area contributed by atoms with Crippen molar-refractivity contribution in [3.8, 4) is 11.5 Å². The van der Waals surface area contributed by atoms with Crippen LogP contribution in [0.3, 0.4) is 0 Å². The standard InChI is InChI=1S/C26H36N6O4/c1-7-36-19-8-9-20(22(14-19)35-6)17(4)27-24-21-15-32(16(2)3)25(34)23(21)28-26(29-24)31-12-10-30(11-13-31)18(5)33/h8-9,14,16-17H,7,10-13,15H2,1-6H3,(H,27,28,29). The molecule has 4 rings (SSSR count). The summed E-state index contributed by atoms with van der Waals surface area (Å²) in [5, 5.41) is 3.53. The Morgan fingerprint density at radius 3 is 2.47 bits per heavy atom. The summed E-state index contributed by atoms with van der Waals surface area (Å²) in [7, 11) is 1.64. The van der Waals surface area contributed by atoms with Gasteiger partial charge in [0.2, 0.25) is 11.9 Å². The molecule has 2 aromatic rings. The molecule has 1 fully saturated rings. The Labute approximate surface area is 212 Å². The van der Waals surface area contributed by atoms with Crippen molar-refractivity contribution in [2.45, 2.75) is 53.2 Å². The van der Waals surface area contributed by atoms with Crippen LogP contribution in [0, 0.1) is 0 Å². The van der Waals surface area contributed by atoms with E-state index in [0.717, 1.165) is 16.9 Å². The number of nitrogens with one attached hydrogen (secondary N) is 1. The van der Waals surface area contributed by atoms with E-state index >= 15 is 0 Å². The minimum Gasteiger partial charge on any atom is -0.496 e. The zero-order valence-corrected chi connectivity index (χ0v) is 22.0. The number of hydrogen-bond donors (Lipinski definition) is 1. The molecule has 0 saturated carbocycles. The molecule has 2 aliphatic heterocycles. The summed E-state index contributed by atoms with van der Waals surface area (Å²) in [6.07, 6.45) is 0. The Morgan fingerprint density at radius 2 is 1.86 bits per heavy atom. The van der Waals surface area contributed by atoms with Crippen LogP contribution in [0.25, 0.3) is 0 Å². The van der Waals surface area contributed by atoms with Gasteiger partial charge in [0.25, 0.3) is 5.91 Å². The van der Waals surface area contributed by atoms with Gasteiger partial charge in [0.1, 0.15) is 23.0 Å². The highest BCUT2D eigenvalue weighted by Crippen LogP contribution is 2.35. The Balaban J connectivity index is 1.66. The highest BCUT2D eigenvalue weighted by Gasteiger charge is 2.35. The van der Waals surface area contributed by atoms with Crippen molar-refractivity contribution >= 4 is 23.6 Å². The number of aromatic nitrogens is 2. The first-order valence-electron chi connectivity index (χ1n) is 12.5. The molecule has 2 aliphatic rings. The van der Waals surface area contributed by atoms with Gasteiger partial charge in [-0.05, 0) is 39.8 Å². The highest BCUT2D eigenvalue weighted by atomic mass is 16.5. The first kappa shape index (κ1) is 25.5. The summed E-state index contributed by atoms with van der Waals surface area (Å²) in [5.74, 6) is 2.59. The first-order valence-corrected chi connectivity index (χ1v) is 12.5. The van der Waals surface area contributed by atoms with Crippen LogP contribution in [0.5, 0.6) is 11.5 Å². The maximum atomic E-state index is 13.2. The lowest BCUT2D eigenvalue weighted by Gasteiger charge is -2.34. The van der Waals surface area contributed by atoms with Gasteiger partial charge in [0.15, 0.2) is 0 Å². The van der Waals surface area contributed by atoms with Gasteiger partial charge in [-0.2, -0.15) is 4.98 Å². The van der Waals surface area contributed by atoms with Crippen LogP contribution in [0.2, 0.25) is 0 Å². The molecule has 3 heterocycles. The number of carbonyl (C=O) groups excluding carboxylic acids is 2. The SMILES string of the molecule is CCOc1ccc(C(C)Nc2nc(N3CCN(C(C)=O)CC3)nc3c2CN(C(C)C)C3=O)c(OC)c1. The lowest BCUT2D eigenvalue weighted by Crippen LogP contribution is -2.48. The molecule has 36 heavy (non-hydrogen) atoms. The molecule has 0 radical (unpaired) electrons. The monoisotopic (exact) mass is 496 g/mol. The molecule has 1 atom stereocenters. The molecular formula is C26H36N6O4. The maximum absolute atomic E-state index is 13.2. The Bertz CT molecular complexity index is 1130. The fourth-order valence-electron chi connectivity index (χ4n) is 4.66. The van der Waals surface area contributed by atoms with E-state index < -0.39 is 0 Å². The molecule has 0 spiro atoms. The lowest BCUT2D eigenvalue weighted by atomic mass is 10.1. The summed E-state index contributed by atoms with van der Waals surface area (Å²) in [6.45, 7) is 13.0. The second kappa shape index (κ2) is 10.6. The lowest BCUT2D eigenvalue weighted by molar-refractivity contribution is -0.129. The number of rotatable bonds is 8. The van der Waals surface area contributed by atoms with Crippen molar-refractivity contribution in [3.63, 3.8) is 0 Å². The molecule has 1 saturated heterocycles. The fourth-order valence-corrected chi connectivity index (χ4v) is 4.66. The number of ether oxygens (including phenoxy) is 2. The van der Waals surface area contributed by atoms with Crippen molar-refractivity contribution in [1.82, 2.24) is 19.8 Å². The van der Waals surface area contributed by atoms with E-state index in [4.69, 9.17) is 19.4 Å². The van der Waals surface area contributed by atoms with Gasteiger partial charge in [-0.15, -0.1) is 0 Å². The second-order valence-corrected chi connectivity index (χ2v) is 9.42. The number of amides is 2. The molecule has 0 bridgehead atoms. The Kier molecular flexibility index (Phi) is 7.51. The van der Waals surface area contributed by atoms with E-state index in [9.17, 15) is 9.59 Å². The van der Waals surface area contributed by atoms with E-state index in [1.165, 1.54) is 0 Å². The number of fused-ring (bicyclic) bond motifs is 1. The van der Waals surface area contributed by atoms with Gasteiger partial charge in [0, 0.05) is 56.3 Å². The average Bonchev–Trinajstić information content (AvgIpc) is 3.21. The van der Waals surface area contributed by atoms with E-state index in [-0.39, 0.29) is 23.9 Å². The summed E-state index contributed by atoms with van der Waals surface area (Å²) in [5.41, 5.74) is 2.20. The molecule has 194 valence electrons. The zero-order valence-electron chi connectivity index (χ0n) is 22.0. The number of anilines is 2. The third kappa shape index (κ3) is 5.03. The highest BCUT2D eigenvalue weighted by molar-refractivity contribution is 5.98. The summed E-state index contributed by atoms with van der Waals surface area (Å²) in [4.78, 5) is 40.2. The second-order valence-electron chi connectivity index (χ2n) is 9.42. The van der Waals surface area contributed by atoms with Crippen LogP contribution in [0.15, 0.2) is 18.2 Å². The molecule has 10 nitrogen and oxygen atoms in total. The number of hydrogen-bond acceptors (Lipinski definition) is 8. The van der Waals surface area contributed by atoms with Gasteiger partial charge in [-0.25, -0.2) is 4.98 Å². The summed E-state index contributed by atoms with van der Waals surface area (Å²) < 4.78 is 11.3. The third-order valence-corrected chi connectivity index (χ3v) is 6.75. The number of piperazine rings is 1. The molecule has 2 amide bonds. The number of methoxy groups -OCH3 is 1. The van der Waals surface area contributed by atoms with Crippen LogP contribution >= 0.6 is 0 Å². The largest absolute Gasteiger partial charge is 0.496 e. The van der Waals surface area contributed by atoms with E-state index in [2.05, 4.69) is 5.32 Å². The van der Waals surface area contributed by atoms with Crippen molar-refractivity contribution in [2.24, 2.45) is 0 Å². The smallest absolute Gasteiger partial charge is 0.273 e. The van der Waals surface area contributed by atoms with Crippen molar-refractivity contribution in [3.05, 3.63) is 35.0 Å². The van der Waals surface area contributed by atoms with Gasteiger partial charge < -0.3 is 29.5 Å². The number of carbonyl (C=O) groups is 2. The van der Waals surface area contributed by atoms with Crippen LogP contribution in [0.1, 0.15) is 62.3 Å². The quantitative estimate of drug-likeness (QED) is 0.595. The molecule has 0 aliphatic carbocycles. The van der Waals surface area contributed by atoms with Crippen molar-refractivity contribution in [1.29, 1.82) is 0 Å². The van der Waals surface area contributed by atoms with Gasteiger partial charge in [-0.3, -0.25) is 9.59 Å². The maximum Gasteiger partial charge on any atom is 0.273 e. The molecule has 1 unspecified atom stereocenters. The summed E-state index contributed by atoms with van der Waals surface area (Å²) in [6, 6.07) is 5.68. The van der Waals surface area contributed by atoms with E-state index in [0.29, 0.717) is 62.5 Å². The van der Waals surface area contributed by atoms with E-state index in [1.807, 2.05) is 60.6 Å². The van der Waals surface area contributed by atoms with Gasteiger partial charge in [-0.1, -0.05) is 0 Å². The molecule has 1 N–H and O–H groups in total. The third-order valence-electron chi connectivity index (χ3n) is 6.75. The predicted molar refractivity (Wildman–Crippen MR) is 138 cm³/mol. The Hall–Kier alpha value is -3.56. The van der Waals surface area contributed by atoms with E-state index in [1.54, 1.807) is 14.0 Å². The van der Waals surface area contributed by atoms with Crippen LogP contribution in [0.4, 0.5) is 11.8 Å². The fraction of sp³-hybridized carbons (Fsp3) is 0.538. The van der Waals surface area contributed by atoms with Crippen molar-refractivity contribution < 1.29 is 19.1 Å². The number of nitrogens with zero attached hydrogens (tertiary/aromatic N) is 5. The van der Waals surface area contributed by atoms with Crippen LogP contribution in [-0.4, -0.2) is 77.5 Å². The summed E-state index contributed by atoms with van der Waals surface area (Å²) >= 11 is 0. The number of benzene rings is 1. The molecular weight excluding hydrogens is 460 g/mol. The minimum absolute atomic E-state index is 0.0470. The zero-order chi connectivity index (χ0) is 26.0. The van der Waals surface area contributed by atoms with Crippen molar-refractivity contribution in [2.75, 3.05) is 50.1 Å². The van der Waals surface area contributed by atoms with Crippen LogP contribution in [-0.2, 0) is 11.3 Å².